The van der Waals surface area contributed by atoms with Crippen molar-refractivity contribution in [3.8, 4) is 11.5 Å². The Labute approximate surface area is 123 Å². The molecule has 0 radical (unpaired) electrons. The highest BCUT2D eigenvalue weighted by Gasteiger charge is 2.16. The zero-order valence-electron chi connectivity index (χ0n) is 12.0. The molecule has 1 aromatic heterocycles. The number of hydrogen-bond acceptors (Lipinski definition) is 4. The molecule has 0 aliphatic rings. The van der Waals surface area contributed by atoms with Crippen LogP contribution in [0.25, 0.3) is 11.0 Å². The maximum absolute atomic E-state index is 6.40. The Morgan fingerprint density at radius 1 is 1.00 bits per heavy atom. The van der Waals surface area contributed by atoms with Crippen LogP contribution in [0.1, 0.15) is 17.2 Å². The molecular formula is C17H17NO3. The quantitative estimate of drug-likeness (QED) is 0.796. The summed E-state index contributed by atoms with van der Waals surface area (Å²) in [6, 6.07) is 13.2. The summed E-state index contributed by atoms with van der Waals surface area (Å²) in [5, 5.41) is 1.02. The zero-order chi connectivity index (χ0) is 14.8. The number of rotatable bonds is 4. The van der Waals surface area contributed by atoms with Crippen LogP contribution in [0.5, 0.6) is 11.5 Å². The van der Waals surface area contributed by atoms with Crippen LogP contribution in [0.15, 0.2) is 53.1 Å². The van der Waals surface area contributed by atoms with Crippen LogP contribution in [0.4, 0.5) is 0 Å². The highest BCUT2D eigenvalue weighted by molar-refractivity contribution is 5.81. The maximum atomic E-state index is 6.40. The molecule has 4 heteroatoms. The van der Waals surface area contributed by atoms with Gasteiger partial charge in [-0.15, -0.1) is 0 Å². The highest BCUT2D eigenvalue weighted by Crippen LogP contribution is 2.32. The van der Waals surface area contributed by atoms with Crippen molar-refractivity contribution < 1.29 is 13.9 Å². The Balaban J connectivity index is 2.07. The molecule has 0 aliphatic heterocycles. The number of para-hydroxylation sites is 1. The summed E-state index contributed by atoms with van der Waals surface area (Å²) in [5.74, 6) is 1.43. The molecule has 21 heavy (non-hydrogen) atoms. The van der Waals surface area contributed by atoms with Crippen molar-refractivity contribution >= 4 is 11.0 Å². The summed E-state index contributed by atoms with van der Waals surface area (Å²) in [7, 11) is 3.24. The molecule has 3 aromatic rings. The third-order valence-corrected chi connectivity index (χ3v) is 3.58. The van der Waals surface area contributed by atoms with Crippen LogP contribution in [-0.4, -0.2) is 14.2 Å². The summed E-state index contributed by atoms with van der Waals surface area (Å²) in [4.78, 5) is 0. The Morgan fingerprint density at radius 2 is 1.67 bits per heavy atom. The van der Waals surface area contributed by atoms with Gasteiger partial charge in [-0.1, -0.05) is 18.2 Å². The number of fused-ring (bicyclic) bond motifs is 1. The van der Waals surface area contributed by atoms with E-state index in [1.54, 1.807) is 20.5 Å². The van der Waals surface area contributed by atoms with E-state index in [-0.39, 0.29) is 6.04 Å². The second-order valence-corrected chi connectivity index (χ2v) is 4.81. The van der Waals surface area contributed by atoms with E-state index in [2.05, 4.69) is 0 Å². The molecule has 3 rings (SSSR count). The molecular weight excluding hydrogens is 266 g/mol. The van der Waals surface area contributed by atoms with E-state index in [0.29, 0.717) is 11.5 Å². The van der Waals surface area contributed by atoms with Crippen LogP contribution >= 0.6 is 0 Å². The van der Waals surface area contributed by atoms with E-state index in [1.165, 1.54) is 0 Å². The van der Waals surface area contributed by atoms with Crippen LogP contribution in [0, 0.1) is 0 Å². The lowest BCUT2D eigenvalue weighted by Gasteiger charge is -2.14. The molecule has 0 fully saturated rings. The average molecular weight is 283 g/mol. The molecule has 0 aliphatic carbocycles. The predicted molar refractivity (Wildman–Crippen MR) is 81.8 cm³/mol. The molecule has 2 N–H and O–H groups in total. The minimum Gasteiger partial charge on any atom is -0.497 e. The van der Waals surface area contributed by atoms with Crippen molar-refractivity contribution in [3.05, 3.63) is 59.9 Å². The van der Waals surface area contributed by atoms with Gasteiger partial charge in [0.05, 0.1) is 26.5 Å². The van der Waals surface area contributed by atoms with Gasteiger partial charge < -0.3 is 19.6 Å². The van der Waals surface area contributed by atoms with Gasteiger partial charge in [-0.05, 0) is 23.8 Å². The first-order valence-electron chi connectivity index (χ1n) is 6.67. The lowest BCUT2D eigenvalue weighted by atomic mass is 9.98. The minimum absolute atomic E-state index is 0.308. The lowest BCUT2D eigenvalue weighted by Crippen LogP contribution is -2.11. The van der Waals surface area contributed by atoms with E-state index < -0.39 is 0 Å². The smallest absolute Gasteiger partial charge is 0.134 e. The van der Waals surface area contributed by atoms with E-state index in [1.807, 2.05) is 42.5 Å². The minimum atomic E-state index is -0.308. The predicted octanol–water partition coefficient (Wildman–Crippen LogP) is 3.50. The maximum Gasteiger partial charge on any atom is 0.134 e. The normalized spacial score (nSPS) is 12.3. The monoisotopic (exact) mass is 283 g/mol. The summed E-state index contributed by atoms with van der Waals surface area (Å²) in [6.45, 7) is 0. The average Bonchev–Trinajstić information content (AvgIpc) is 2.97. The van der Waals surface area contributed by atoms with Crippen molar-refractivity contribution in [2.45, 2.75) is 6.04 Å². The number of furan rings is 1. The molecule has 2 aromatic carbocycles. The molecule has 4 nitrogen and oxygen atoms in total. The molecule has 0 saturated heterocycles. The standard InChI is InChI=1S/C17H17NO3/c1-19-12-7-11(8-13(9-12)20-2)17(18)15-10-21-16-6-4-3-5-14(15)16/h3-10,17H,18H2,1-2H3. The van der Waals surface area contributed by atoms with Crippen molar-refractivity contribution in [3.63, 3.8) is 0 Å². The topological polar surface area (TPSA) is 57.6 Å². The Kier molecular flexibility index (Phi) is 3.54. The second-order valence-electron chi connectivity index (χ2n) is 4.81. The van der Waals surface area contributed by atoms with Gasteiger partial charge in [-0.3, -0.25) is 0 Å². The van der Waals surface area contributed by atoms with Crippen molar-refractivity contribution in [1.29, 1.82) is 0 Å². The number of nitrogens with two attached hydrogens (primary N) is 1. The Hall–Kier alpha value is -2.46. The first-order valence-corrected chi connectivity index (χ1v) is 6.67. The SMILES string of the molecule is COc1cc(OC)cc(C(N)c2coc3ccccc23)c1. The third kappa shape index (κ3) is 2.45. The van der Waals surface area contributed by atoms with Gasteiger partial charge in [-0.25, -0.2) is 0 Å². The van der Waals surface area contributed by atoms with Crippen LogP contribution in [0.3, 0.4) is 0 Å². The van der Waals surface area contributed by atoms with Crippen LogP contribution in [0.2, 0.25) is 0 Å². The Morgan fingerprint density at radius 3 is 2.33 bits per heavy atom. The van der Waals surface area contributed by atoms with Gasteiger partial charge in [0.25, 0.3) is 0 Å². The molecule has 1 unspecified atom stereocenters. The van der Waals surface area contributed by atoms with Gasteiger partial charge in [-0.2, -0.15) is 0 Å². The molecule has 1 atom stereocenters. The third-order valence-electron chi connectivity index (χ3n) is 3.58. The fourth-order valence-corrected chi connectivity index (χ4v) is 2.43. The Bertz CT molecular complexity index is 741. The molecule has 0 amide bonds. The van der Waals surface area contributed by atoms with E-state index in [4.69, 9.17) is 19.6 Å². The molecule has 0 spiro atoms. The van der Waals surface area contributed by atoms with Crippen LogP contribution in [-0.2, 0) is 0 Å². The van der Waals surface area contributed by atoms with Crippen molar-refractivity contribution in [1.82, 2.24) is 0 Å². The summed E-state index contributed by atoms with van der Waals surface area (Å²) < 4.78 is 16.1. The molecule has 0 saturated carbocycles. The summed E-state index contributed by atoms with van der Waals surface area (Å²) in [5.41, 5.74) is 9.09. The second kappa shape index (κ2) is 5.50. The number of benzene rings is 2. The summed E-state index contributed by atoms with van der Waals surface area (Å²) >= 11 is 0. The fraction of sp³-hybridized carbons (Fsp3) is 0.176. The first kappa shape index (κ1) is 13.5. The van der Waals surface area contributed by atoms with Gasteiger partial charge in [0.2, 0.25) is 0 Å². The summed E-state index contributed by atoms with van der Waals surface area (Å²) in [6.07, 6.45) is 1.71. The van der Waals surface area contributed by atoms with Crippen molar-refractivity contribution in [2.24, 2.45) is 5.73 Å². The number of ether oxygens (including phenoxy) is 2. The van der Waals surface area contributed by atoms with Gasteiger partial charge in [0.15, 0.2) is 0 Å². The van der Waals surface area contributed by atoms with E-state index in [9.17, 15) is 0 Å². The van der Waals surface area contributed by atoms with Crippen LogP contribution < -0.4 is 15.2 Å². The first-order chi connectivity index (χ1) is 10.2. The fourth-order valence-electron chi connectivity index (χ4n) is 2.43. The van der Waals surface area contributed by atoms with E-state index in [0.717, 1.165) is 22.1 Å². The molecule has 0 bridgehead atoms. The largest absolute Gasteiger partial charge is 0.497 e. The van der Waals surface area contributed by atoms with Crippen molar-refractivity contribution in [2.75, 3.05) is 14.2 Å². The number of hydrogen-bond donors (Lipinski definition) is 1. The number of methoxy groups -OCH3 is 2. The van der Waals surface area contributed by atoms with Gasteiger partial charge >= 0.3 is 0 Å². The highest BCUT2D eigenvalue weighted by atomic mass is 16.5. The molecule has 1 heterocycles. The lowest BCUT2D eigenvalue weighted by molar-refractivity contribution is 0.393. The van der Waals surface area contributed by atoms with Gasteiger partial charge in [0, 0.05) is 17.0 Å². The van der Waals surface area contributed by atoms with Gasteiger partial charge in [0.1, 0.15) is 17.1 Å². The zero-order valence-corrected chi connectivity index (χ0v) is 12.0. The molecule has 108 valence electrons. The van der Waals surface area contributed by atoms with E-state index >= 15 is 0 Å².